The Balaban J connectivity index is 1.33. The quantitative estimate of drug-likeness (QED) is 0.340. The molecule has 0 aliphatic carbocycles. The maximum atomic E-state index is 15.0. The summed E-state index contributed by atoms with van der Waals surface area (Å²) in [6.45, 7) is 8.60. The molecule has 0 aromatic heterocycles. The first-order valence-corrected chi connectivity index (χ1v) is 16.9. The number of ether oxygens (including phenoxy) is 2. The van der Waals surface area contributed by atoms with Crippen molar-refractivity contribution < 1.29 is 29.0 Å². The Hall–Kier alpha value is -4.47. The SMILES string of the molecule is CCOc1ccc(N2CC=C[C@@]3(C)O[C@]45C=CCN(c6ccc7ccccc7c6)C(=O)C4N([C@@H](CO)CC(C)C)C(=O)[C@@H]5[C@H]3C2=O)cc1. The first-order chi connectivity index (χ1) is 23.1. The molecule has 1 spiro atoms. The van der Waals surface area contributed by atoms with E-state index in [1.807, 2.05) is 119 Å². The van der Waals surface area contributed by atoms with Gasteiger partial charge in [-0.2, -0.15) is 0 Å². The fourth-order valence-corrected chi connectivity index (χ4v) is 8.37. The molecule has 3 amide bonds. The lowest BCUT2D eigenvalue weighted by atomic mass is 9.74. The van der Waals surface area contributed by atoms with Gasteiger partial charge in [-0.15, -0.1) is 0 Å². The van der Waals surface area contributed by atoms with Crippen LogP contribution in [0.5, 0.6) is 5.75 Å². The molecule has 9 nitrogen and oxygen atoms in total. The van der Waals surface area contributed by atoms with Crippen LogP contribution < -0.4 is 14.5 Å². The molecule has 9 heteroatoms. The van der Waals surface area contributed by atoms with E-state index in [0.29, 0.717) is 36.7 Å². The number of likely N-dealkylation sites (tertiary alicyclic amines) is 1. The fourth-order valence-electron chi connectivity index (χ4n) is 8.37. The monoisotopic (exact) mass is 649 g/mol. The molecule has 250 valence electrons. The summed E-state index contributed by atoms with van der Waals surface area (Å²) in [5.74, 6) is -1.94. The summed E-state index contributed by atoms with van der Waals surface area (Å²) in [5, 5.41) is 12.8. The molecule has 0 bridgehead atoms. The zero-order valence-electron chi connectivity index (χ0n) is 27.9. The maximum absolute atomic E-state index is 15.0. The molecular formula is C39H43N3O6. The summed E-state index contributed by atoms with van der Waals surface area (Å²) < 4.78 is 12.6. The molecule has 4 aliphatic rings. The number of carbonyl (C=O) groups is 3. The fraction of sp³-hybridized carbons (Fsp3) is 0.410. The van der Waals surface area contributed by atoms with Crippen molar-refractivity contribution >= 4 is 39.9 Å². The largest absolute Gasteiger partial charge is 0.494 e. The average molecular weight is 650 g/mol. The van der Waals surface area contributed by atoms with Crippen molar-refractivity contribution in [2.45, 2.75) is 57.4 Å². The lowest BCUT2D eigenvalue weighted by Crippen LogP contribution is -2.59. The molecule has 1 unspecified atom stereocenters. The van der Waals surface area contributed by atoms with Crippen molar-refractivity contribution in [1.82, 2.24) is 4.90 Å². The van der Waals surface area contributed by atoms with Crippen molar-refractivity contribution in [2.75, 3.05) is 36.1 Å². The second-order valence-electron chi connectivity index (χ2n) is 13.9. The second-order valence-corrected chi connectivity index (χ2v) is 13.9. The number of carbonyl (C=O) groups excluding carboxylic acids is 3. The van der Waals surface area contributed by atoms with E-state index in [2.05, 4.69) is 0 Å². The molecule has 0 saturated carbocycles. The molecule has 1 N–H and O–H groups in total. The maximum Gasteiger partial charge on any atom is 0.253 e. The number of aliphatic hydroxyl groups is 1. The Kier molecular flexibility index (Phi) is 8.16. The normalized spacial score (nSPS) is 28.8. The molecule has 3 aromatic carbocycles. The first-order valence-electron chi connectivity index (χ1n) is 16.9. The van der Waals surface area contributed by atoms with Crippen molar-refractivity contribution in [3.63, 3.8) is 0 Å². The third kappa shape index (κ3) is 5.02. The number of rotatable bonds is 8. The Bertz CT molecular complexity index is 1800. The van der Waals surface area contributed by atoms with Crippen LogP contribution in [0.1, 0.15) is 34.1 Å². The van der Waals surface area contributed by atoms with Crippen LogP contribution in [-0.2, 0) is 19.1 Å². The van der Waals surface area contributed by atoms with Crippen LogP contribution >= 0.6 is 0 Å². The predicted molar refractivity (Wildman–Crippen MR) is 185 cm³/mol. The summed E-state index contributed by atoms with van der Waals surface area (Å²) in [6, 6.07) is 19.5. The van der Waals surface area contributed by atoms with Gasteiger partial charge in [0.2, 0.25) is 11.8 Å². The van der Waals surface area contributed by atoms with Gasteiger partial charge < -0.3 is 29.3 Å². The predicted octanol–water partition coefficient (Wildman–Crippen LogP) is 5.12. The highest BCUT2D eigenvalue weighted by molar-refractivity contribution is 6.08. The van der Waals surface area contributed by atoms with Crippen molar-refractivity contribution in [2.24, 2.45) is 17.8 Å². The molecule has 4 heterocycles. The average Bonchev–Trinajstić information content (AvgIpc) is 3.35. The van der Waals surface area contributed by atoms with Crippen LogP contribution in [0, 0.1) is 17.8 Å². The number of anilines is 2. The van der Waals surface area contributed by atoms with Gasteiger partial charge in [0.15, 0.2) is 0 Å². The number of amides is 3. The Morgan fingerprint density at radius 2 is 1.52 bits per heavy atom. The minimum atomic E-state index is -1.43. The van der Waals surface area contributed by atoms with Crippen LogP contribution in [0.25, 0.3) is 10.8 Å². The van der Waals surface area contributed by atoms with E-state index in [1.54, 1.807) is 14.7 Å². The standard InChI is InChI=1S/C39H43N3O6/c1-5-47-31-16-14-28(15-17-31)40-20-8-18-38(4)32(35(40)44)33-36(45)42(30(24-43)22-25(2)3)34-37(46)41(21-9-19-39(33,34)48-38)29-13-12-26-10-6-7-11-27(26)23-29/h6-19,23,25,30,32-34,43H,5,20-22,24H2,1-4H3/t30-,32+,33+,34?,38-,39+/m1/s1. The Morgan fingerprint density at radius 3 is 2.21 bits per heavy atom. The Morgan fingerprint density at radius 1 is 0.854 bits per heavy atom. The smallest absolute Gasteiger partial charge is 0.253 e. The van der Waals surface area contributed by atoms with E-state index in [0.717, 1.165) is 10.8 Å². The third-order valence-corrected chi connectivity index (χ3v) is 10.3. The molecule has 48 heavy (non-hydrogen) atoms. The van der Waals surface area contributed by atoms with Gasteiger partial charge in [-0.05, 0) is 73.4 Å². The summed E-state index contributed by atoms with van der Waals surface area (Å²) in [6.07, 6.45) is 8.02. The van der Waals surface area contributed by atoms with Crippen LogP contribution in [-0.4, -0.2) is 77.3 Å². The number of fused-ring (bicyclic) bond motifs is 3. The van der Waals surface area contributed by atoms with Crippen molar-refractivity contribution in [3.05, 3.63) is 91.0 Å². The van der Waals surface area contributed by atoms with Gasteiger partial charge >= 0.3 is 0 Å². The van der Waals surface area contributed by atoms with Gasteiger partial charge in [-0.3, -0.25) is 14.4 Å². The van der Waals surface area contributed by atoms with Crippen LogP contribution in [0.3, 0.4) is 0 Å². The molecule has 0 radical (unpaired) electrons. The second kappa shape index (κ2) is 12.2. The molecule has 4 aliphatic heterocycles. The van der Waals surface area contributed by atoms with Gasteiger partial charge in [0.25, 0.3) is 5.91 Å². The molecule has 7 rings (SSSR count). The summed E-state index contributed by atoms with van der Waals surface area (Å²) in [7, 11) is 0. The van der Waals surface area contributed by atoms with E-state index in [9.17, 15) is 19.5 Å². The number of benzene rings is 3. The number of nitrogens with zero attached hydrogens (tertiary/aromatic N) is 3. The molecule has 6 atom stereocenters. The van der Waals surface area contributed by atoms with Crippen LogP contribution in [0.4, 0.5) is 11.4 Å². The minimum absolute atomic E-state index is 0.142. The molecule has 2 fully saturated rings. The topological polar surface area (TPSA) is 99.6 Å². The number of hydrogen-bond acceptors (Lipinski definition) is 6. The summed E-state index contributed by atoms with van der Waals surface area (Å²) in [4.78, 5) is 49.6. The van der Waals surface area contributed by atoms with E-state index in [4.69, 9.17) is 9.47 Å². The van der Waals surface area contributed by atoms with Crippen molar-refractivity contribution in [1.29, 1.82) is 0 Å². The lowest BCUT2D eigenvalue weighted by molar-refractivity contribution is -0.148. The summed E-state index contributed by atoms with van der Waals surface area (Å²) >= 11 is 0. The molecule has 3 aromatic rings. The first kappa shape index (κ1) is 32.1. The van der Waals surface area contributed by atoms with Gasteiger partial charge in [0.05, 0.1) is 36.7 Å². The molecular weight excluding hydrogens is 606 g/mol. The molecule has 2 saturated heterocycles. The minimum Gasteiger partial charge on any atom is -0.494 e. The van der Waals surface area contributed by atoms with Crippen LogP contribution in [0.15, 0.2) is 91.0 Å². The highest BCUT2D eigenvalue weighted by atomic mass is 16.5. The van der Waals surface area contributed by atoms with E-state index in [1.165, 1.54) is 0 Å². The van der Waals surface area contributed by atoms with Crippen LogP contribution in [0.2, 0.25) is 0 Å². The number of hydrogen-bond donors (Lipinski definition) is 1. The van der Waals surface area contributed by atoms with Gasteiger partial charge in [-0.1, -0.05) is 68.5 Å². The van der Waals surface area contributed by atoms with Gasteiger partial charge in [0, 0.05) is 24.5 Å². The Labute approximate surface area is 281 Å². The lowest BCUT2D eigenvalue weighted by Gasteiger charge is -2.40. The zero-order valence-corrected chi connectivity index (χ0v) is 27.9. The third-order valence-electron chi connectivity index (χ3n) is 10.3. The summed E-state index contributed by atoms with van der Waals surface area (Å²) in [5.41, 5.74) is -1.19. The van der Waals surface area contributed by atoms with Gasteiger partial charge in [-0.25, -0.2) is 0 Å². The highest BCUT2D eigenvalue weighted by Crippen LogP contribution is 2.58. The highest BCUT2D eigenvalue weighted by Gasteiger charge is 2.75. The van der Waals surface area contributed by atoms with E-state index in [-0.39, 0.29) is 36.8 Å². The zero-order chi connectivity index (χ0) is 33.8. The van der Waals surface area contributed by atoms with Crippen molar-refractivity contribution in [3.8, 4) is 5.75 Å². The number of aliphatic hydroxyl groups excluding tert-OH is 1. The van der Waals surface area contributed by atoms with E-state index < -0.39 is 35.1 Å². The van der Waals surface area contributed by atoms with Gasteiger partial charge in [0.1, 0.15) is 17.4 Å². The van der Waals surface area contributed by atoms with E-state index >= 15 is 0 Å².